The first-order valence-corrected chi connectivity index (χ1v) is 7.44. The fourth-order valence-electron chi connectivity index (χ4n) is 2.25. The molecule has 5 heteroatoms. The smallest absolute Gasteiger partial charge is 0.293 e. The molecule has 1 aliphatic rings. The Bertz CT molecular complexity index is 653. The SMILES string of the molecule is C1=C(c2c[nH]c3cnccc23)CCNC1.CC(C)(C)OC=O. The average molecular weight is 301 g/mol. The van der Waals surface area contributed by atoms with Gasteiger partial charge in [0, 0.05) is 29.9 Å². The van der Waals surface area contributed by atoms with Crippen molar-refractivity contribution in [2.45, 2.75) is 32.8 Å². The zero-order valence-electron chi connectivity index (χ0n) is 13.3. The number of hydrogen-bond acceptors (Lipinski definition) is 4. The van der Waals surface area contributed by atoms with E-state index >= 15 is 0 Å². The number of H-pyrrole nitrogens is 1. The maximum Gasteiger partial charge on any atom is 0.293 e. The minimum Gasteiger partial charge on any atom is -0.462 e. The maximum atomic E-state index is 9.60. The molecule has 3 rings (SSSR count). The molecule has 0 bridgehead atoms. The van der Waals surface area contributed by atoms with Gasteiger partial charge in [0.15, 0.2) is 0 Å². The zero-order valence-corrected chi connectivity index (χ0v) is 13.3. The molecule has 0 amide bonds. The zero-order chi connectivity index (χ0) is 16.0. The predicted octanol–water partition coefficient (Wildman–Crippen LogP) is 2.90. The number of carbonyl (C=O) groups is 1. The van der Waals surface area contributed by atoms with Crippen LogP contribution in [0.5, 0.6) is 0 Å². The van der Waals surface area contributed by atoms with E-state index in [1.807, 2.05) is 33.2 Å². The van der Waals surface area contributed by atoms with Crippen molar-refractivity contribution in [1.29, 1.82) is 0 Å². The first-order chi connectivity index (χ1) is 10.5. The third-order valence-electron chi connectivity index (χ3n) is 3.29. The lowest BCUT2D eigenvalue weighted by Crippen LogP contribution is -2.19. The van der Waals surface area contributed by atoms with Crippen LogP contribution in [-0.4, -0.2) is 35.1 Å². The van der Waals surface area contributed by atoms with Crippen LogP contribution in [0.3, 0.4) is 0 Å². The summed E-state index contributed by atoms with van der Waals surface area (Å²) in [6.07, 6.45) is 9.19. The molecule has 3 heterocycles. The van der Waals surface area contributed by atoms with Crippen molar-refractivity contribution in [3.8, 4) is 0 Å². The topological polar surface area (TPSA) is 67.0 Å². The second kappa shape index (κ2) is 7.22. The van der Waals surface area contributed by atoms with Gasteiger partial charge in [-0.15, -0.1) is 0 Å². The number of carbonyl (C=O) groups excluding carboxylic acids is 1. The second-order valence-electron chi connectivity index (χ2n) is 6.13. The molecule has 2 aromatic heterocycles. The van der Waals surface area contributed by atoms with Crippen molar-refractivity contribution in [2.75, 3.05) is 13.1 Å². The van der Waals surface area contributed by atoms with E-state index in [0.717, 1.165) is 25.0 Å². The van der Waals surface area contributed by atoms with E-state index < -0.39 is 0 Å². The van der Waals surface area contributed by atoms with Crippen molar-refractivity contribution >= 4 is 22.9 Å². The molecule has 1 aliphatic heterocycles. The molecule has 118 valence electrons. The molecule has 0 atom stereocenters. The van der Waals surface area contributed by atoms with Crippen molar-refractivity contribution in [3.63, 3.8) is 0 Å². The van der Waals surface area contributed by atoms with Gasteiger partial charge in [-0.2, -0.15) is 0 Å². The van der Waals surface area contributed by atoms with Crippen LogP contribution in [0, 0.1) is 0 Å². The van der Waals surface area contributed by atoms with E-state index in [1.54, 1.807) is 0 Å². The van der Waals surface area contributed by atoms with Gasteiger partial charge in [0.1, 0.15) is 5.60 Å². The van der Waals surface area contributed by atoms with Crippen molar-refractivity contribution in [1.82, 2.24) is 15.3 Å². The van der Waals surface area contributed by atoms with E-state index in [1.165, 1.54) is 16.5 Å². The lowest BCUT2D eigenvalue weighted by atomic mass is 10.0. The van der Waals surface area contributed by atoms with Gasteiger partial charge in [0.25, 0.3) is 6.47 Å². The fraction of sp³-hybridized carbons (Fsp3) is 0.412. The van der Waals surface area contributed by atoms with Gasteiger partial charge in [-0.05, 0) is 45.4 Å². The summed E-state index contributed by atoms with van der Waals surface area (Å²) in [4.78, 5) is 17.0. The third kappa shape index (κ3) is 4.43. The van der Waals surface area contributed by atoms with Gasteiger partial charge in [-0.25, -0.2) is 0 Å². The Labute approximate surface area is 130 Å². The number of ether oxygens (including phenoxy) is 1. The van der Waals surface area contributed by atoms with Crippen LogP contribution in [0.1, 0.15) is 32.8 Å². The van der Waals surface area contributed by atoms with Gasteiger partial charge in [0.2, 0.25) is 0 Å². The number of fused-ring (bicyclic) bond motifs is 1. The summed E-state index contributed by atoms with van der Waals surface area (Å²) in [7, 11) is 0. The van der Waals surface area contributed by atoms with Crippen LogP contribution in [0.4, 0.5) is 0 Å². The van der Waals surface area contributed by atoms with Crippen LogP contribution >= 0.6 is 0 Å². The van der Waals surface area contributed by atoms with Gasteiger partial charge in [0.05, 0.1) is 11.7 Å². The highest BCUT2D eigenvalue weighted by Crippen LogP contribution is 2.26. The number of nitrogens with one attached hydrogen (secondary N) is 2. The summed E-state index contributed by atoms with van der Waals surface area (Å²) in [6, 6.07) is 2.07. The van der Waals surface area contributed by atoms with Crippen LogP contribution in [0.2, 0.25) is 0 Å². The monoisotopic (exact) mass is 301 g/mol. The molecule has 2 aromatic rings. The molecule has 2 N–H and O–H groups in total. The molecule has 0 unspecified atom stereocenters. The molecule has 0 saturated heterocycles. The number of aromatic nitrogens is 2. The van der Waals surface area contributed by atoms with Crippen LogP contribution in [0.25, 0.3) is 16.5 Å². The van der Waals surface area contributed by atoms with E-state index in [2.05, 4.69) is 38.4 Å². The highest BCUT2D eigenvalue weighted by molar-refractivity contribution is 5.92. The lowest BCUT2D eigenvalue weighted by Gasteiger charge is -2.14. The molecule has 0 aromatic carbocycles. The highest BCUT2D eigenvalue weighted by atomic mass is 16.5. The Kier molecular flexibility index (Phi) is 5.33. The maximum absolute atomic E-state index is 9.60. The quantitative estimate of drug-likeness (QED) is 0.837. The molecule has 0 radical (unpaired) electrons. The molecule has 5 nitrogen and oxygen atoms in total. The van der Waals surface area contributed by atoms with E-state index in [0.29, 0.717) is 6.47 Å². The number of hydrogen-bond donors (Lipinski definition) is 2. The highest BCUT2D eigenvalue weighted by Gasteiger charge is 2.10. The first kappa shape index (κ1) is 16.2. The van der Waals surface area contributed by atoms with Crippen LogP contribution in [-0.2, 0) is 9.53 Å². The molecular weight excluding hydrogens is 278 g/mol. The summed E-state index contributed by atoms with van der Waals surface area (Å²) in [5, 5.41) is 4.60. The second-order valence-corrected chi connectivity index (χ2v) is 6.13. The molecule has 0 fully saturated rings. The largest absolute Gasteiger partial charge is 0.462 e. The minimum absolute atomic E-state index is 0.318. The Morgan fingerprint density at radius 3 is 2.77 bits per heavy atom. The summed E-state index contributed by atoms with van der Waals surface area (Å²) in [5.74, 6) is 0. The Balaban J connectivity index is 0.000000217. The van der Waals surface area contributed by atoms with Gasteiger partial charge >= 0.3 is 0 Å². The predicted molar refractivity (Wildman–Crippen MR) is 88.5 cm³/mol. The van der Waals surface area contributed by atoms with Crippen LogP contribution in [0.15, 0.2) is 30.7 Å². The number of pyridine rings is 1. The van der Waals surface area contributed by atoms with E-state index in [4.69, 9.17) is 0 Å². The van der Waals surface area contributed by atoms with E-state index in [-0.39, 0.29) is 5.60 Å². The third-order valence-corrected chi connectivity index (χ3v) is 3.29. The van der Waals surface area contributed by atoms with Crippen molar-refractivity contribution in [3.05, 3.63) is 36.3 Å². The van der Waals surface area contributed by atoms with Crippen molar-refractivity contribution in [2.24, 2.45) is 0 Å². The van der Waals surface area contributed by atoms with Gasteiger partial charge in [-0.3, -0.25) is 9.78 Å². The summed E-state index contributed by atoms with van der Waals surface area (Å²) in [6.45, 7) is 7.97. The fourth-order valence-corrected chi connectivity index (χ4v) is 2.25. The summed E-state index contributed by atoms with van der Waals surface area (Å²) < 4.78 is 4.55. The number of rotatable bonds is 2. The lowest BCUT2D eigenvalue weighted by molar-refractivity contribution is -0.138. The molecule has 22 heavy (non-hydrogen) atoms. The average Bonchev–Trinajstić information content (AvgIpc) is 2.91. The Hall–Kier alpha value is -2.14. The Morgan fingerprint density at radius 2 is 2.18 bits per heavy atom. The molecule has 0 aliphatic carbocycles. The normalized spacial score (nSPS) is 14.8. The number of nitrogens with zero attached hydrogens (tertiary/aromatic N) is 1. The molecule has 0 spiro atoms. The van der Waals surface area contributed by atoms with E-state index in [9.17, 15) is 4.79 Å². The van der Waals surface area contributed by atoms with Crippen LogP contribution < -0.4 is 5.32 Å². The van der Waals surface area contributed by atoms with Crippen molar-refractivity contribution < 1.29 is 9.53 Å². The molecular formula is C17H23N3O2. The van der Waals surface area contributed by atoms with Gasteiger partial charge in [-0.1, -0.05) is 6.08 Å². The standard InChI is InChI=1S/C12H13N3.C5H10O2/c1-4-13-5-2-9(1)11-7-15-12-8-14-6-3-10(11)12;1-5(2,3)7-4-6/h1,3,6-8,13,15H,2,4-5H2;4H,1-3H3. The molecule has 0 saturated carbocycles. The minimum atomic E-state index is -0.318. The van der Waals surface area contributed by atoms with Gasteiger partial charge < -0.3 is 15.0 Å². The first-order valence-electron chi connectivity index (χ1n) is 7.44. The number of aromatic amines is 1. The Morgan fingerprint density at radius 1 is 1.36 bits per heavy atom. The summed E-state index contributed by atoms with van der Waals surface area (Å²) >= 11 is 0. The summed E-state index contributed by atoms with van der Waals surface area (Å²) in [5.41, 5.74) is 3.56.